The number of hydrogen-bond donors (Lipinski definition) is 4. The molecule has 0 heterocycles. The summed E-state index contributed by atoms with van der Waals surface area (Å²) < 4.78 is 0. The molecule has 0 radical (unpaired) electrons. The molecule has 0 saturated heterocycles. The van der Waals surface area contributed by atoms with Crippen molar-refractivity contribution in [2.45, 2.75) is 51.6 Å². The average Bonchev–Trinajstić information content (AvgIpc) is 2.75. The van der Waals surface area contributed by atoms with Crippen molar-refractivity contribution in [2.75, 3.05) is 6.54 Å². The lowest BCUT2D eigenvalue weighted by atomic mass is 10.0. The van der Waals surface area contributed by atoms with Gasteiger partial charge in [0.25, 0.3) is 0 Å². The van der Waals surface area contributed by atoms with E-state index in [2.05, 4.69) is 16.0 Å². The third-order valence-corrected chi connectivity index (χ3v) is 3.24. The van der Waals surface area contributed by atoms with Crippen molar-refractivity contribution < 1.29 is 19.5 Å². The van der Waals surface area contributed by atoms with Crippen LogP contribution < -0.4 is 16.0 Å². The Balaban J connectivity index is 2.23. The van der Waals surface area contributed by atoms with E-state index in [1.54, 1.807) is 0 Å². The molecule has 1 rings (SSSR count). The second kappa shape index (κ2) is 7.72. The molecule has 1 fully saturated rings. The first kappa shape index (κ1) is 16.3. The Morgan fingerprint density at radius 2 is 1.95 bits per heavy atom. The van der Waals surface area contributed by atoms with E-state index in [1.807, 2.05) is 13.8 Å². The van der Waals surface area contributed by atoms with Crippen LogP contribution in [0.3, 0.4) is 0 Å². The summed E-state index contributed by atoms with van der Waals surface area (Å²) in [7, 11) is 0. The maximum Gasteiger partial charge on any atom is 0.315 e. The molecule has 1 saturated carbocycles. The number of rotatable bonds is 6. The van der Waals surface area contributed by atoms with Gasteiger partial charge in [-0.3, -0.25) is 9.59 Å². The van der Waals surface area contributed by atoms with Crippen molar-refractivity contribution in [3.8, 4) is 0 Å². The van der Waals surface area contributed by atoms with E-state index in [0.717, 1.165) is 6.42 Å². The second-order valence-corrected chi connectivity index (χ2v) is 5.35. The monoisotopic (exact) mass is 285 g/mol. The summed E-state index contributed by atoms with van der Waals surface area (Å²) in [5.41, 5.74) is 0. The van der Waals surface area contributed by atoms with Gasteiger partial charge in [0.1, 0.15) is 0 Å². The topological polar surface area (TPSA) is 108 Å². The Hall–Kier alpha value is -1.79. The Morgan fingerprint density at radius 3 is 2.55 bits per heavy atom. The number of carboxylic acids is 1. The molecule has 1 aliphatic rings. The third-order valence-electron chi connectivity index (χ3n) is 3.24. The van der Waals surface area contributed by atoms with Crippen molar-refractivity contribution in [1.29, 1.82) is 0 Å². The van der Waals surface area contributed by atoms with Gasteiger partial charge in [-0.2, -0.15) is 0 Å². The number of hydrogen-bond acceptors (Lipinski definition) is 3. The Morgan fingerprint density at radius 1 is 1.25 bits per heavy atom. The molecule has 0 bridgehead atoms. The maximum atomic E-state index is 11.6. The van der Waals surface area contributed by atoms with E-state index in [0.29, 0.717) is 12.8 Å². The van der Waals surface area contributed by atoms with Crippen LogP contribution in [-0.2, 0) is 9.59 Å². The van der Waals surface area contributed by atoms with Gasteiger partial charge in [-0.1, -0.05) is 6.42 Å². The van der Waals surface area contributed by atoms with Gasteiger partial charge in [0.15, 0.2) is 0 Å². The average molecular weight is 285 g/mol. The van der Waals surface area contributed by atoms with E-state index < -0.39 is 17.9 Å². The summed E-state index contributed by atoms with van der Waals surface area (Å²) in [6, 6.07) is -0.663. The Kier molecular flexibility index (Phi) is 6.27. The molecular weight excluding hydrogens is 262 g/mol. The van der Waals surface area contributed by atoms with Crippen LogP contribution in [0.4, 0.5) is 4.79 Å². The minimum absolute atomic E-state index is 0.0751. The van der Waals surface area contributed by atoms with Crippen molar-refractivity contribution in [3.63, 3.8) is 0 Å². The fraction of sp³-hybridized carbons (Fsp3) is 0.769. The lowest BCUT2D eigenvalue weighted by Crippen LogP contribution is -2.46. The summed E-state index contributed by atoms with van der Waals surface area (Å²) in [4.78, 5) is 34.0. The molecule has 2 atom stereocenters. The van der Waals surface area contributed by atoms with E-state index in [9.17, 15) is 14.4 Å². The van der Waals surface area contributed by atoms with Crippen LogP contribution in [0.1, 0.15) is 39.5 Å². The number of aliphatic carboxylic acids is 1. The molecule has 1 aliphatic carbocycles. The van der Waals surface area contributed by atoms with Crippen LogP contribution >= 0.6 is 0 Å². The lowest BCUT2D eigenvalue weighted by molar-refractivity contribution is -0.142. The number of carbonyl (C=O) groups is 3. The van der Waals surface area contributed by atoms with Crippen LogP contribution in [0.25, 0.3) is 0 Å². The van der Waals surface area contributed by atoms with Crippen LogP contribution in [0.2, 0.25) is 0 Å². The van der Waals surface area contributed by atoms with Gasteiger partial charge in [0, 0.05) is 25.0 Å². The minimum atomic E-state index is -0.871. The van der Waals surface area contributed by atoms with E-state index in [4.69, 9.17) is 5.11 Å². The number of nitrogens with one attached hydrogen (secondary N) is 3. The highest BCUT2D eigenvalue weighted by Crippen LogP contribution is 2.25. The summed E-state index contributed by atoms with van der Waals surface area (Å²) in [6.45, 7) is 3.96. The number of urea groups is 1. The number of amides is 3. The molecular formula is C13H23N3O4. The fourth-order valence-electron chi connectivity index (χ4n) is 2.33. The summed E-state index contributed by atoms with van der Waals surface area (Å²) in [5, 5.41) is 17.0. The zero-order valence-corrected chi connectivity index (χ0v) is 11.9. The van der Waals surface area contributed by atoms with Crippen molar-refractivity contribution in [2.24, 2.45) is 5.92 Å². The highest BCUT2D eigenvalue weighted by atomic mass is 16.4. The zero-order valence-electron chi connectivity index (χ0n) is 11.9. The van der Waals surface area contributed by atoms with E-state index >= 15 is 0 Å². The SMILES string of the molecule is CC(C)NC(=O)CCNC(=O)NC1CCCC1C(=O)O. The molecule has 20 heavy (non-hydrogen) atoms. The van der Waals surface area contributed by atoms with Gasteiger partial charge in [-0.05, 0) is 26.7 Å². The quantitative estimate of drug-likeness (QED) is 0.568. The maximum absolute atomic E-state index is 11.6. The van der Waals surface area contributed by atoms with Crippen LogP contribution in [0.15, 0.2) is 0 Å². The Bertz CT molecular complexity index is 371. The number of carboxylic acid groups (broad SMARTS) is 1. The van der Waals surface area contributed by atoms with Crippen molar-refractivity contribution >= 4 is 17.9 Å². The molecule has 7 heteroatoms. The Labute approximate surface area is 118 Å². The number of carbonyl (C=O) groups excluding carboxylic acids is 2. The smallest absolute Gasteiger partial charge is 0.315 e. The summed E-state index contributed by atoms with van der Waals surface area (Å²) >= 11 is 0. The lowest BCUT2D eigenvalue weighted by Gasteiger charge is -2.18. The van der Waals surface area contributed by atoms with Gasteiger partial charge in [-0.15, -0.1) is 0 Å². The largest absolute Gasteiger partial charge is 0.481 e. The molecule has 0 spiro atoms. The molecule has 0 aliphatic heterocycles. The fourth-order valence-corrected chi connectivity index (χ4v) is 2.33. The minimum Gasteiger partial charge on any atom is -0.481 e. The molecule has 0 aromatic carbocycles. The van der Waals surface area contributed by atoms with Gasteiger partial charge < -0.3 is 21.1 Å². The second-order valence-electron chi connectivity index (χ2n) is 5.35. The van der Waals surface area contributed by atoms with Crippen LogP contribution in [-0.4, -0.2) is 41.6 Å². The molecule has 0 aromatic heterocycles. The zero-order chi connectivity index (χ0) is 15.1. The summed E-state index contributed by atoms with van der Waals surface area (Å²) in [6.07, 6.45) is 2.28. The standard InChI is InChI=1S/C13H23N3O4/c1-8(2)15-11(17)6-7-14-13(20)16-10-5-3-4-9(10)12(18)19/h8-10H,3-7H2,1-2H3,(H,15,17)(H,18,19)(H2,14,16,20). The van der Waals surface area contributed by atoms with E-state index in [1.165, 1.54) is 0 Å². The van der Waals surface area contributed by atoms with Gasteiger partial charge >= 0.3 is 12.0 Å². The highest BCUT2D eigenvalue weighted by Gasteiger charge is 2.33. The first-order chi connectivity index (χ1) is 9.40. The summed E-state index contributed by atoms with van der Waals surface area (Å²) in [5.74, 6) is -1.50. The normalized spacial score (nSPS) is 21.6. The third kappa shape index (κ3) is 5.46. The molecule has 7 nitrogen and oxygen atoms in total. The molecule has 114 valence electrons. The molecule has 2 unspecified atom stereocenters. The van der Waals surface area contributed by atoms with Gasteiger partial charge in [-0.25, -0.2) is 4.79 Å². The predicted octanol–water partition coefficient (Wildman–Crippen LogP) is 0.454. The first-order valence-electron chi connectivity index (χ1n) is 6.96. The van der Waals surface area contributed by atoms with Crippen LogP contribution in [0, 0.1) is 5.92 Å². The van der Waals surface area contributed by atoms with Gasteiger partial charge in [0.2, 0.25) is 5.91 Å². The van der Waals surface area contributed by atoms with Crippen LogP contribution in [0.5, 0.6) is 0 Å². The van der Waals surface area contributed by atoms with Gasteiger partial charge in [0.05, 0.1) is 5.92 Å². The molecule has 4 N–H and O–H groups in total. The van der Waals surface area contributed by atoms with Crippen molar-refractivity contribution in [3.05, 3.63) is 0 Å². The molecule has 3 amide bonds. The van der Waals surface area contributed by atoms with E-state index in [-0.39, 0.29) is 31.0 Å². The first-order valence-corrected chi connectivity index (χ1v) is 6.96. The van der Waals surface area contributed by atoms with Crippen molar-refractivity contribution in [1.82, 2.24) is 16.0 Å². The predicted molar refractivity (Wildman–Crippen MR) is 73.2 cm³/mol. The highest BCUT2D eigenvalue weighted by molar-refractivity contribution is 5.79. The molecule has 0 aromatic rings.